The molecule has 1 N–H and O–H groups in total. The summed E-state index contributed by atoms with van der Waals surface area (Å²) in [5.41, 5.74) is 1.05. The maximum atomic E-state index is 6.13. The van der Waals surface area contributed by atoms with E-state index in [4.69, 9.17) is 27.9 Å². The lowest BCUT2D eigenvalue weighted by Gasteiger charge is -2.26. The summed E-state index contributed by atoms with van der Waals surface area (Å²) in [7, 11) is 0. The van der Waals surface area contributed by atoms with Crippen molar-refractivity contribution in [2.75, 3.05) is 13.2 Å². The summed E-state index contributed by atoms with van der Waals surface area (Å²) in [5, 5.41) is 3.47. The van der Waals surface area contributed by atoms with Gasteiger partial charge in [-0.2, -0.15) is 0 Å². The van der Waals surface area contributed by atoms with Crippen LogP contribution in [-0.2, 0) is 4.74 Å². The average Bonchev–Trinajstić information content (AvgIpc) is 2.83. The molecular formula is C12H17Cl2NOS. The van der Waals surface area contributed by atoms with E-state index >= 15 is 0 Å². The quantitative estimate of drug-likeness (QED) is 0.895. The number of thiophene rings is 1. The first-order chi connectivity index (χ1) is 8.00. The highest BCUT2D eigenvalue weighted by atomic mass is 35.5. The highest BCUT2D eigenvalue weighted by Gasteiger charge is 2.30. The van der Waals surface area contributed by atoms with Crippen molar-refractivity contribution in [3.8, 4) is 0 Å². The van der Waals surface area contributed by atoms with E-state index in [9.17, 15) is 0 Å². The molecule has 2 nitrogen and oxygen atoms in total. The maximum absolute atomic E-state index is 6.13. The fourth-order valence-corrected chi connectivity index (χ4v) is 3.75. The normalized spacial score (nSPS) is 26.4. The van der Waals surface area contributed by atoms with Crippen molar-refractivity contribution in [2.45, 2.75) is 38.3 Å². The molecule has 1 saturated heterocycles. The van der Waals surface area contributed by atoms with Crippen molar-refractivity contribution < 1.29 is 4.74 Å². The molecule has 1 aromatic heterocycles. The van der Waals surface area contributed by atoms with Crippen molar-refractivity contribution in [1.82, 2.24) is 5.32 Å². The van der Waals surface area contributed by atoms with Crippen LogP contribution in [-0.4, -0.2) is 18.8 Å². The van der Waals surface area contributed by atoms with Crippen molar-refractivity contribution in [3.63, 3.8) is 0 Å². The van der Waals surface area contributed by atoms with Gasteiger partial charge in [-0.05, 0) is 38.3 Å². The standard InChI is InChI=1S/C12H17Cl2NOS/c1-8(9-6-10(13)17-11(9)14)15-7-12(2)4-3-5-16-12/h6,8,15H,3-5,7H2,1-2H3. The highest BCUT2D eigenvalue weighted by molar-refractivity contribution is 7.20. The Kier molecular flexibility index (Phi) is 4.37. The second-order valence-electron chi connectivity index (χ2n) is 4.78. The van der Waals surface area contributed by atoms with Crippen LogP contribution in [0.1, 0.15) is 38.3 Å². The molecule has 1 aromatic rings. The number of nitrogens with one attached hydrogen (secondary N) is 1. The van der Waals surface area contributed by atoms with Gasteiger partial charge < -0.3 is 10.1 Å². The molecule has 2 atom stereocenters. The van der Waals surface area contributed by atoms with Crippen molar-refractivity contribution in [3.05, 3.63) is 20.3 Å². The van der Waals surface area contributed by atoms with Gasteiger partial charge in [-0.25, -0.2) is 0 Å². The molecule has 1 aliphatic heterocycles. The Labute approximate surface area is 116 Å². The van der Waals surface area contributed by atoms with Crippen molar-refractivity contribution >= 4 is 34.5 Å². The minimum Gasteiger partial charge on any atom is -0.374 e. The Morgan fingerprint density at radius 2 is 2.35 bits per heavy atom. The Morgan fingerprint density at radius 1 is 1.59 bits per heavy atom. The van der Waals surface area contributed by atoms with E-state index in [1.807, 2.05) is 6.07 Å². The molecule has 2 rings (SSSR count). The molecule has 17 heavy (non-hydrogen) atoms. The van der Waals surface area contributed by atoms with E-state index in [1.165, 1.54) is 11.3 Å². The fraction of sp³-hybridized carbons (Fsp3) is 0.667. The molecule has 2 heterocycles. The van der Waals surface area contributed by atoms with Crippen LogP contribution in [0.2, 0.25) is 8.67 Å². The summed E-state index contributed by atoms with van der Waals surface area (Å²) in [4.78, 5) is 0. The van der Waals surface area contributed by atoms with Crippen LogP contribution in [0.25, 0.3) is 0 Å². The maximum Gasteiger partial charge on any atom is 0.0991 e. The van der Waals surface area contributed by atoms with Crippen LogP contribution in [0.4, 0.5) is 0 Å². The molecule has 0 amide bonds. The van der Waals surface area contributed by atoms with Gasteiger partial charge in [0.25, 0.3) is 0 Å². The van der Waals surface area contributed by atoms with Gasteiger partial charge in [-0.15, -0.1) is 11.3 Å². The minimum atomic E-state index is -0.0272. The zero-order valence-electron chi connectivity index (χ0n) is 10.1. The molecule has 0 radical (unpaired) electrons. The molecule has 5 heteroatoms. The minimum absolute atomic E-state index is 0.0272. The summed E-state index contributed by atoms with van der Waals surface area (Å²) in [6.07, 6.45) is 2.27. The smallest absolute Gasteiger partial charge is 0.0991 e. The van der Waals surface area contributed by atoms with Gasteiger partial charge >= 0.3 is 0 Å². The Bertz CT molecular complexity index is 388. The molecule has 2 unspecified atom stereocenters. The molecular weight excluding hydrogens is 277 g/mol. The van der Waals surface area contributed by atoms with E-state index in [-0.39, 0.29) is 11.6 Å². The highest BCUT2D eigenvalue weighted by Crippen LogP contribution is 2.35. The van der Waals surface area contributed by atoms with Gasteiger partial charge in [0.1, 0.15) is 0 Å². The summed E-state index contributed by atoms with van der Waals surface area (Å²) >= 11 is 13.5. The van der Waals surface area contributed by atoms with Gasteiger partial charge in [0.2, 0.25) is 0 Å². The second-order valence-corrected chi connectivity index (χ2v) is 7.07. The zero-order valence-corrected chi connectivity index (χ0v) is 12.4. The number of hydrogen-bond donors (Lipinski definition) is 1. The third kappa shape index (κ3) is 3.36. The molecule has 1 aliphatic rings. The third-order valence-corrected chi connectivity index (χ3v) is 4.75. The van der Waals surface area contributed by atoms with Crippen LogP contribution in [0.3, 0.4) is 0 Å². The van der Waals surface area contributed by atoms with Gasteiger partial charge in [0.15, 0.2) is 0 Å². The lowest BCUT2D eigenvalue weighted by Crippen LogP contribution is -2.38. The predicted octanol–water partition coefficient (Wildman–Crippen LogP) is 4.27. The number of rotatable bonds is 4. The fourth-order valence-electron chi connectivity index (χ4n) is 2.10. The van der Waals surface area contributed by atoms with Gasteiger partial charge in [0, 0.05) is 19.2 Å². The Balaban J connectivity index is 1.93. The number of hydrogen-bond acceptors (Lipinski definition) is 3. The van der Waals surface area contributed by atoms with Crippen LogP contribution < -0.4 is 5.32 Å². The first kappa shape index (κ1) is 13.6. The van der Waals surface area contributed by atoms with Crippen LogP contribution in [0.15, 0.2) is 6.07 Å². The predicted molar refractivity (Wildman–Crippen MR) is 74.3 cm³/mol. The van der Waals surface area contributed by atoms with Crippen molar-refractivity contribution in [1.29, 1.82) is 0 Å². The van der Waals surface area contributed by atoms with E-state index in [0.717, 1.165) is 40.2 Å². The third-order valence-electron chi connectivity index (χ3n) is 3.23. The number of halogens is 2. The van der Waals surface area contributed by atoms with E-state index in [1.54, 1.807) is 0 Å². The molecule has 0 bridgehead atoms. The van der Waals surface area contributed by atoms with Gasteiger partial charge in [-0.3, -0.25) is 0 Å². The molecule has 0 aliphatic carbocycles. The number of ether oxygens (including phenoxy) is 1. The summed E-state index contributed by atoms with van der Waals surface area (Å²) < 4.78 is 7.25. The SMILES string of the molecule is CC(NCC1(C)CCCO1)c1cc(Cl)sc1Cl. The average molecular weight is 294 g/mol. The van der Waals surface area contributed by atoms with Gasteiger partial charge in [0.05, 0.1) is 14.3 Å². The molecule has 1 fully saturated rings. The topological polar surface area (TPSA) is 21.3 Å². The second kappa shape index (κ2) is 5.45. The first-order valence-corrected chi connectivity index (χ1v) is 7.39. The van der Waals surface area contributed by atoms with E-state index in [0.29, 0.717) is 0 Å². The van der Waals surface area contributed by atoms with Crippen molar-refractivity contribution in [2.24, 2.45) is 0 Å². The van der Waals surface area contributed by atoms with Gasteiger partial charge in [-0.1, -0.05) is 23.2 Å². The summed E-state index contributed by atoms with van der Waals surface area (Å²) in [6.45, 7) is 5.97. The molecule has 0 saturated carbocycles. The van der Waals surface area contributed by atoms with E-state index < -0.39 is 0 Å². The summed E-state index contributed by atoms with van der Waals surface area (Å²) in [5.74, 6) is 0. The zero-order chi connectivity index (χ0) is 12.5. The monoisotopic (exact) mass is 293 g/mol. The van der Waals surface area contributed by atoms with Crippen LogP contribution in [0, 0.1) is 0 Å². The summed E-state index contributed by atoms with van der Waals surface area (Å²) in [6, 6.07) is 2.14. The Hall–Kier alpha value is 0.200. The Morgan fingerprint density at radius 3 is 2.88 bits per heavy atom. The molecule has 96 valence electrons. The lowest BCUT2D eigenvalue weighted by molar-refractivity contribution is 0.0191. The largest absolute Gasteiger partial charge is 0.374 e. The van der Waals surface area contributed by atoms with Crippen LogP contribution in [0.5, 0.6) is 0 Å². The lowest BCUT2D eigenvalue weighted by atomic mass is 10.0. The van der Waals surface area contributed by atoms with E-state index in [2.05, 4.69) is 19.2 Å². The first-order valence-electron chi connectivity index (χ1n) is 5.82. The molecule has 0 spiro atoms. The van der Waals surface area contributed by atoms with Crippen LogP contribution >= 0.6 is 34.5 Å². The molecule has 0 aromatic carbocycles.